The molecule has 0 aliphatic rings. The van der Waals surface area contributed by atoms with Gasteiger partial charge in [-0.05, 0) is 13.0 Å². The van der Waals surface area contributed by atoms with E-state index in [0.29, 0.717) is 22.9 Å². The molecule has 5 nitrogen and oxygen atoms in total. The summed E-state index contributed by atoms with van der Waals surface area (Å²) >= 11 is 0. The molecule has 0 fully saturated rings. The number of halogens is 3. The maximum Gasteiger partial charge on any atom is 0.433 e. The van der Waals surface area contributed by atoms with E-state index in [1.807, 2.05) is 0 Å². The van der Waals surface area contributed by atoms with Gasteiger partial charge in [0.2, 0.25) is 0 Å². The number of benzene rings is 1. The van der Waals surface area contributed by atoms with Crippen LogP contribution in [0.1, 0.15) is 18.3 Å². The second kappa shape index (κ2) is 6.80. The van der Waals surface area contributed by atoms with E-state index in [1.54, 1.807) is 25.1 Å². The molecule has 1 heterocycles. The van der Waals surface area contributed by atoms with E-state index in [4.69, 9.17) is 9.47 Å². The van der Waals surface area contributed by atoms with Gasteiger partial charge < -0.3 is 14.8 Å². The van der Waals surface area contributed by atoms with Gasteiger partial charge in [-0.3, -0.25) is 4.68 Å². The summed E-state index contributed by atoms with van der Waals surface area (Å²) < 4.78 is 49.9. The first kappa shape index (κ1) is 17.0. The zero-order chi connectivity index (χ0) is 17.0. The molecule has 0 spiro atoms. The minimum atomic E-state index is -4.42. The fourth-order valence-electron chi connectivity index (χ4n) is 2.13. The number of aryl methyl sites for hydroxylation is 1. The van der Waals surface area contributed by atoms with Gasteiger partial charge in [0.05, 0.1) is 26.5 Å². The summed E-state index contributed by atoms with van der Waals surface area (Å²) in [5, 5.41) is 6.99. The highest BCUT2D eigenvalue weighted by Gasteiger charge is 2.35. The second-order valence-electron chi connectivity index (χ2n) is 4.79. The Morgan fingerprint density at radius 2 is 1.70 bits per heavy atom. The van der Waals surface area contributed by atoms with E-state index in [9.17, 15) is 13.2 Å². The summed E-state index contributed by atoms with van der Waals surface area (Å²) in [5.74, 6) is 1.17. The van der Waals surface area contributed by atoms with Crippen molar-refractivity contribution in [2.24, 2.45) is 0 Å². The van der Waals surface area contributed by atoms with E-state index in [1.165, 1.54) is 14.2 Å². The number of methoxy groups -OCH3 is 2. The summed E-state index contributed by atoms with van der Waals surface area (Å²) in [7, 11) is 3.05. The lowest BCUT2D eigenvalue weighted by Gasteiger charge is -2.09. The molecule has 0 bridgehead atoms. The Bertz CT molecular complexity index is 646. The van der Waals surface area contributed by atoms with Gasteiger partial charge in [0, 0.05) is 30.4 Å². The SMILES string of the molecule is CCn1nc(CNc2cc(OC)cc(OC)c2)cc1C(F)(F)F. The van der Waals surface area contributed by atoms with Gasteiger partial charge in [-0.15, -0.1) is 0 Å². The smallest absolute Gasteiger partial charge is 0.433 e. The standard InChI is InChI=1S/C15H18F3N3O2/c1-4-21-14(15(16,17)18)7-11(20-21)9-19-10-5-12(22-2)8-13(6-10)23-3/h5-8,19H,4,9H2,1-3H3. The molecule has 0 atom stereocenters. The average molecular weight is 329 g/mol. The Kier molecular flexibility index (Phi) is 5.02. The topological polar surface area (TPSA) is 48.3 Å². The first-order valence-corrected chi connectivity index (χ1v) is 6.98. The normalized spacial score (nSPS) is 11.4. The van der Waals surface area contributed by atoms with Gasteiger partial charge in [-0.1, -0.05) is 0 Å². The molecule has 1 aromatic carbocycles. The molecule has 0 saturated heterocycles. The minimum Gasteiger partial charge on any atom is -0.497 e. The van der Waals surface area contributed by atoms with Crippen LogP contribution in [0.4, 0.5) is 18.9 Å². The third-order valence-electron chi connectivity index (χ3n) is 3.25. The lowest BCUT2D eigenvalue weighted by atomic mass is 10.2. The van der Waals surface area contributed by atoms with Crippen molar-refractivity contribution in [2.75, 3.05) is 19.5 Å². The number of hydrogen-bond donors (Lipinski definition) is 1. The molecule has 0 unspecified atom stereocenters. The van der Waals surface area contributed by atoms with Crippen LogP contribution in [0.15, 0.2) is 24.3 Å². The van der Waals surface area contributed by atoms with Crippen LogP contribution in [0.2, 0.25) is 0 Å². The first-order valence-electron chi connectivity index (χ1n) is 6.98. The third-order valence-corrected chi connectivity index (χ3v) is 3.25. The van der Waals surface area contributed by atoms with Gasteiger partial charge in [-0.25, -0.2) is 0 Å². The number of nitrogens with one attached hydrogen (secondary N) is 1. The summed E-state index contributed by atoms with van der Waals surface area (Å²) in [5.41, 5.74) is 0.224. The molecular weight excluding hydrogens is 311 g/mol. The second-order valence-corrected chi connectivity index (χ2v) is 4.79. The summed E-state index contributed by atoms with van der Waals surface area (Å²) in [6.07, 6.45) is -4.42. The van der Waals surface area contributed by atoms with Crippen LogP contribution in [0.5, 0.6) is 11.5 Å². The number of ether oxygens (including phenoxy) is 2. The van der Waals surface area contributed by atoms with Crippen molar-refractivity contribution in [3.63, 3.8) is 0 Å². The molecule has 2 aromatic rings. The Balaban J connectivity index is 2.16. The van der Waals surface area contributed by atoms with Crippen molar-refractivity contribution in [3.8, 4) is 11.5 Å². The number of rotatable bonds is 6. The fraction of sp³-hybridized carbons (Fsp3) is 0.400. The van der Waals surface area contributed by atoms with Crippen molar-refractivity contribution in [2.45, 2.75) is 26.2 Å². The van der Waals surface area contributed by atoms with Gasteiger partial charge in [0.1, 0.15) is 17.2 Å². The van der Waals surface area contributed by atoms with Gasteiger partial charge in [0.25, 0.3) is 0 Å². The number of alkyl halides is 3. The van der Waals surface area contributed by atoms with E-state index in [-0.39, 0.29) is 13.1 Å². The predicted molar refractivity (Wildman–Crippen MR) is 79.8 cm³/mol. The quantitative estimate of drug-likeness (QED) is 0.880. The Morgan fingerprint density at radius 1 is 1.09 bits per heavy atom. The molecule has 2 rings (SSSR count). The van der Waals surface area contributed by atoms with Crippen LogP contribution in [-0.2, 0) is 19.3 Å². The highest BCUT2D eigenvalue weighted by atomic mass is 19.4. The first-order chi connectivity index (χ1) is 10.9. The number of nitrogens with zero attached hydrogens (tertiary/aromatic N) is 2. The predicted octanol–water partition coefficient (Wildman–Crippen LogP) is 3.55. The molecule has 23 heavy (non-hydrogen) atoms. The molecular formula is C15H18F3N3O2. The van der Waals surface area contributed by atoms with Crippen molar-refractivity contribution in [1.82, 2.24) is 9.78 Å². The zero-order valence-electron chi connectivity index (χ0n) is 13.1. The van der Waals surface area contributed by atoms with E-state index < -0.39 is 11.9 Å². The Morgan fingerprint density at radius 3 is 2.13 bits per heavy atom. The minimum absolute atomic E-state index is 0.155. The molecule has 0 aliphatic carbocycles. The van der Waals surface area contributed by atoms with E-state index in [0.717, 1.165) is 10.7 Å². The van der Waals surface area contributed by atoms with Gasteiger partial charge >= 0.3 is 6.18 Å². The molecule has 0 radical (unpaired) electrons. The maximum atomic E-state index is 12.9. The van der Waals surface area contributed by atoms with Gasteiger partial charge in [0.15, 0.2) is 0 Å². The molecule has 8 heteroatoms. The average Bonchev–Trinajstić information content (AvgIpc) is 2.96. The zero-order valence-corrected chi connectivity index (χ0v) is 13.1. The van der Waals surface area contributed by atoms with Crippen LogP contribution in [0.3, 0.4) is 0 Å². The summed E-state index contributed by atoms with van der Waals surface area (Å²) in [6, 6.07) is 6.21. The summed E-state index contributed by atoms with van der Waals surface area (Å²) in [4.78, 5) is 0. The highest BCUT2D eigenvalue weighted by Crippen LogP contribution is 2.30. The van der Waals surface area contributed by atoms with Crippen LogP contribution in [0.25, 0.3) is 0 Å². The lowest BCUT2D eigenvalue weighted by molar-refractivity contribution is -0.144. The molecule has 126 valence electrons. The van der Waals surface area contributed by atoms with Crippen molar-refractivity contribution in [1.29, 1.82) is 0 Å². The van der Waals surface area contributed by atoms with E-state index >= 15 is 0 Å². The van der Waals surface area contributed by atoms with Crippen molar-refractivity contribution >= 4 is 5.69 Å². The van der Waals surface area contributed by atoms with Crippen LogP contribution in [0, 0.1) is 0 Å². The Hall–Kier alpha value is -2.38. The largest absolute Gasteiger partial charge is 0.497 e. The molecule has 1 aromatic heterocycles. The number of aromatic nitrogens is 2. The number of anilines is 1. The van der Waals surface area contributed by atoms with E-state index in [2.05, 4.69) is 10.4 Å². The fourth-order valence-corrected chi connectivity index (χ4v) is 2.13. The van der Waals surface area contributed by atoms with Crippen LogP contribution in [-0.4, -0.2) is 24.0 Å². The number of hydrogen-bond acceptors (Lipinski definition) is 4. The maximum absolute atomic E-state index is 12.9. The molecule has 0 aliphatic heterocycles. The third kappa shape index (κ3) is 4.08. The van der Waals surface area contributed by atoms with Gasteiger partial charge in [-0.2, -0.15) is 18.3 Å². The van der Waals surface area contributed by atoms with Crippen LogP contribution >= 0.6 is 0 Å². The molecule has 1 N–H and O–H groups in total. The lowest BCUT2D eigenvalue weighted by Crippen LogP contribution is -2.13. The summed E-state index contributed by atoms with van der Waals surface area (Å²) in [6.45, 7) is 1.93. The highest BCUT2D eigenvalue weighted by molar-refractivity contribution is 5.53. The Labute approximate surface area is 132 Å². The van der Waals surface area contributed by atoms with Crippen molar-refractivity contribution < 1.29 is 22.6 Å². The molecule has 0 saturated carbocycles. The van der Waals surface area contributed by atoms with Crippen LogP contribution < -0.4 is 14.8 Å². The molecule has 0 amide bonds. The van der Waals surface area contributed by atoms with Crippen molar-refractivity contribution in [3.05, 3.63) is 35.7 Å². The monoisotopic (exact) mass is 329 g/mol.